The van der Waals surface area contributed by atoms with Gasteiger partial charge in [-0.25, -0.2) is 0 Å². The average Bonchev–Trinajstić information content (AvgIpc) is 2.29. The highest BCUT2D eigenvalue weighted by atomic mass is 35.5. The molecular formula is C14H22ClN3O2. The van der Waals surface area contributed by atoms with Crippen LogP contribution in [0.25, 0.3) is 0 Å². The molecule has 0 bridgehead atoms. The normalized spacial score (nSPS) is 14.3. The number of hydrogen-bond acceptors (Lipinski definition) is 4. The molecule has 20 heavy (non-hydrogen) atoms. The molecule has 0 atom stereocenters. The quantitative estimate of drug-likeness (QED) is 0.832. The summed E-state index contributed by atoms with van der Waals surface area (Å²) >= 11 is 0. The second-order valence-corrected chi connectivity index (χ2v) is 4.70. The van der Waals surface area contributed by atoms with Crippen LogP contribution in [0.1, 0.15) is 6.92 Å². The molecular weight excluding hydrogens is 278 g/mol. The van der Waals surface area contributed by atoms with E-state index in [2.05, 4.69) is 15.5 Å². The van der Waals surface area contributed by atoms with Gasteiger partial charge >= 0.3 is 0 Å². The maximum absolute atomic E-state index is 12.0. The smallest absolute Gasteiger partial charge is 0.238 e. The largest absolute Gasteiger partial charge is 0.492 e. The van der Waals surface area contributed by atoms with Crippen LogP contribution in [0.3, 0.4) is 0 Å². The van der Waals surface area contributed by atoms with Crippen LogP contribution in [0, 0.1) is 0 Å². The van der Waals surface area contributed by atoms with Gasteiger partial charge in [-0.05, 0) is 26.1 Å². The number of carbonyl (C=O) groups is 1. The predicted octanol–water partition coefficient (Wildman–Crippen LogP) is 1.35. The summed E-state index contributed by atoms with van der Waals surface area (Å²) in [6.07, 6.45) is 0. The molecule has 112 valence electrons. The third-order valence-corrected chi connectivity index (χ3v) is 3.24. The zero-order valence-electron chi connectivity index (χ0n) is 11.9. The van der Waals surface area contributed by atoms with Crippen molar-refractivity contribution < 1.29 is 9.53 Å². The lowest BCUT2D eigenvalue weighted by Gasteiger charge is -2.35. The minimum absolute atomic E-state index is 0. The number of hydrogen-bond donors (Lipinski definition) is 2. The molecule has 2 rings (SSSR count). The highest BCUT2D eigenvalue weighted by Crippen LogP contribution is 2.23. The molecule has 5 nitrogen and oxygen atoms in total. The second kappa shape index (κ2) is 8.09. The van der Waals surface area contributed by atoms with Crippen molar-refractivity contribution in [2.24, 2.45) is 0 Å². The Hall–Kier alpha value is -1.30. The van der Waals surface area contributed by atoms with Gasteiger partial charge in [0, 0.05) is 19.1 Å². The van der Waals surface area contributed by atoms with Crippen LogP contribution in [0.5, 0.6) is 5.75 Å². The first-order chi connectivity index (χ1) is 9.20. The highest BCUT2D eigenvalue weighted by Gasteiger charge is 2.23. The van der Waals surface area contributed by atoms with E-state index in [1.807, 2.05) is 38.2 Å². The monoisotopic (exact) mass is 299 g/mol. The van der Waals surface area contributed by atoms with Crippen LogP contribution >= 0.6 is 12.4 Å². The molecule has 1 fully saturated rings. The van der Waals surface area contributed by atoms with Crippen LogP contribution in [0.2, 0.25) is 0 Å². The Morgan fingerprint density at radius 3 is 2.75 bits per heavy atom. The van der Waals surface area contributed by atoms with Crippen LogP contribution in [-0.2, 0) is 4.79 Å². The first kappa shape index (κ1) is 16.8. The molecule has 0 radical (unpaired) electrons. The van der Waals surface area contributed by atoms with Crippen LogP contribution in [0.15, 0.2) is 24.3 Å². The van der Waals surface area contributed by atoms with E-state index in [0.29, 0.717) is 24.9 Å². The number of benzene rings is 1. The van der Waals surface area contributed by atoms with Crippen molar-refractivity contribution in [2.45, 2.75) is 13.0 Å². The molecule has 2 N–H and O–H groups in total. The van der Waals surface area contributed by atoms with Crippen molar-refractivity contribution in [3.05, 3.63) is 24.3 Å². The van der Waals surface area contributed by atoms with Crippen molar-refractivity contribution in [3.8, 4) is 5.75 Å². The molecule has 1 aromatic carbocycles. The van der Waals surface area contributed by atoms with E-state index in [1.54, 1.807) is 0 Å². The summed E-state index contributed by atoms with van der Waals surface area (Å²) in [6.45, 7) is 4.82. The first-order valence-electron chi connectivity index (χ1n) is 6.63. The number of likely N-dealkylation sites (N-methyl/N-ethyl adjacent to an activating group) is 1. The minimum atomic E-state index is -0.0125. The van der Waals surface area contributed by atoms with Crippen molar-refractivity contribution in [1.29, 1.82) is 0 Å². The molecule has 0 aliphatic carbocycles. The van der Waals surface area contributed by atoms with E-state index >= 15 is 0 Å². The molecule has 0 spiro atoms. The Morgan fingerprint density at radius 1 is 1.45 bits per heavy atom. The van der Waals surface area contributed by atoms with Crippen molar-refractivity contribution >= 4 is 24.0 Å². The lowest BCUT2D eigenvalue weighted by Crippen LogP contribution is -2.57. The van der Waals surface area contributed by atoms with E-state index in [1.165, 1.54) is 0 Å². The van der Waals surface area contributed by atoms with E-state index in [4.69, 9.17) is 4.74 Å². The van der Waals surface area contributed by atoms with Gasteiger partial charge in [-0.1, -0.05) is 12.1 Å². The van der Waals surface area contributed by atoms with Crippen molar-refractivity contribution in [1.82, 2.24) is 10.2 Å². The molecule has 1 amide bonds. The molecule has 0 aromatic heterocycles. The van der Waals surface area contributed by atoms with Gasteiger partial charge in [-0.15, -0.1) is 12.4 Å². The topological polar surface area (TPSA) is 53.6 Å². The van der Waals surface area contributed by atoms with Gasteiger partial charge in [0.2, 0.25) is 5.91 Å². The zero-order valence-corrected chi connectivity index (χ0v) is 12.7. The Morgan fingerprint density at radius 2 is 2.15 bits per heavy atom. The van der Waals surface area contributed by atoms with Gasteiger partial charge in [0.15, 0.2) is 0 Å². The van der Waals surface area contributed by atoms with Gasteiger partial charge in [0.1, 0.15) is 5.75 Å². The highest BCUT2D eigenvalue weighted by molar-refractivity contribution is 5.93. The van der Waals surface area contributed by atoms with E-state index < -0.39 is 0 Å². The summed E-state index contributed by atoms with van der Waals surface area (Å²) in [5.74, 6) is 0.702. The van der Waals surface area contributed by atoms with Gasteiger partial charge in [0.05, 0.1) is 18.8 Å². The second-order valence-electron chi connectivity index (χ2n) is 4.70. The Labute approximate surface area is 126 Å². The lowest BCUT2D eigenvalue weighted by atomic mass is 10.1. The van der Waals surface area contributed by atoms with Crippen molar-refractivity contribution in [2.75, 3.05) is 38.6 Å². The molecule has 6 heteroatoms. The number of halogens is 1. The fourth-order valence-corrected chi connectivity index (χ4v) is 1.98. The summed E-state index contributed by atoms with van der Waals surface area (Å²) in [4.78, 5) is 14.1. The molecule has 1 aromatic rings. The Bertz CT molecular complexity index is 438. The maximum Gasteiger partial charge on any atom is 0.238 e. The standard InChI is InChI=1S/C14H21N3O2.ClH/c1-3-19-13-7-5-4-6-12(13)16-14(18)10-17(2)11-8-15-9-11;/h4-7,11,15H,3,8-10H2,1-2H3,(H,16,18);1H. The Balaban J connectivity index is 0.00000200. The third kappa shape index (κ3) is 4.37. The number of anilines is 1. The number of amides is 1. The summed E-state index contributed by atoms with van der Waals surface area (Å²) < 4.78 is 5.48. The van der Waals surface area contributed by atoms with Crippen molar-refractivity contribution in [3.63, 3.8) is 0 Å². The molecule has 1 saturated heterocycles. The Kier molecular flexibility index (Phi) is 6.78. The summed E-state index contributed by atoms with van der Waals surface area (Å²) in [5, 5.41) is 6.10. The molecule has 1 heterocycles. The number of nitrogens with one attached hydrogen (secondary N) is 2. The fourth-order valence-electron chi connectivity index (χ4n) is 1.98. The zero-order chi connectivity index (χ0) is 13.7. The van der Waals surface area contributed by atoms with Gasteiger partial charge in [-0.3, -0.25) is 9.69 Å². The number of carbonyl (C=O) groups excluding carboxylic acids is 1. The summed E-state index contributed by atoms with van der Waals surface area (Å²) in [7, 11) is 1.97. The van der Waals surface area contributed by atoms with Crippen LogP contribution < -0.4 is 15.4 Å². The van der Waals surface area contributed by atoms with Gasteiger partial charge < -0.3 is 15.4 Å². The lowest BCUT2D eigenvalue weighted by molar-refractivity contribution is -0.117. The number of nitrogens with zero attached hydrogens (tertiary/aromatic N) is 1. The van der Waals surface area contributed by atoms with Gasteiger partial charge in [0.25, 0.3) is 0 Å². The average molecular weight is 300 g/mol. The number of ether oxygens (including phenoxy) is 1. The van der Waals surface area contributed by atoms with Crippen LogP contribution in [-0.4, -0.2) is 50.1 Å². The molecule has 1 aliphatic rings. The molecule has 1 aliphatic heterocycles. The van der Waals surface area contributed by atoms with Gasteiger partial charge in [-0.2, -0.15) is 0 Å². The SMILES string of the molecule is CCOc1ccccc1NC(=O)CN(C)C1CNC1.Cl. The van der Waals surface area contributed by atoms with E-state index in [9.17, 15) is 4.79 Å². The minimum Gasteiger partial charge on any atom is -0.492 e. The molecule has 0 unspecified atom stereocenters. The van der Waals surface area contributed by atoms with Crippen LogP contribution in [0.4, 0.5) is 5.69 Å². The number of rotatable bonds is 6. The van der Waals surface area contributed by atoms with E-state index in [0.717, 1.165) is 18.8 Å². The first-order valence-corrected chi connectivity index (χ1v) is 6.63. The predicted molar refractivity (Wildman–Crippen MR) is 82.8 cm³/mol. The molecule has 0 saturated carbocycles. The number of para-hydroxylation sites is 2. The fraction of sp³-hybridized carbons (Fsp3) is 0.500. The van der Waals surface area contributed by atoms with E-state index in [-0.39, 0.29) is 18.3 Å². The summed E-state index contributed by atoms with van der Waals surface area (Å²) in [6, 6.07) is 7.96. The summed E-state index contributed by atoms with van der Waals surface area (Å²) in [5.41, 5.74) is 0.731. The third-order valence-electron chi connectivity index (χ3n) is 3.24. The maximum atomic E-state index is 12.0.